The largest absolute Gasteiger partial charge is 0.392 e. The molecule has 0 radical (unpaired) electrons. The van der Waals surface area contributed by atoms with Crippen LogP contribution in [0, 0.1) is 6.92 Å². The number of benzene rings is 1. The van der Waals surface area contributed by atoms with E-state index in [9.17, 15) is 5.11 Å². The van der Waals surface area contributed by atoms with E-state index in [2.05, 4.69) is 14.5 Å². The molecule has 3 aromatic rings. The quantitative estimate of drug-likeness (QED) is 0.748. The van der Waals surface area contributed by atoms with E-state index < -0.39 is 6.10 Å². The monoisotopic (exact) mass is 241 g/mol. The lowest BCUT2D eigenvalue weighted by molar-refractivity contribution is 0.174. The Morgan fingerprint density at radius 2 is 2.06 bits per heavy atom. The van der Waals surface area contributed by atoms with Crippen LogP contribution >= 0.6 is 0 Å². The van der Waals surface area contributed by atoms with Gasteiger partial charge in [-0.25, -0.2) is 4.98 Å². The first-order chi connectivity index (χ1) is 8.66. The minimum absolute atomic E-state index is 0.395. The molecule has 92 valence electrons. The molecule has 2 aromatic heterocycles. The molecule has 2 heterocycles. The van der Waals surface area contributed by atoms with Crippen molar-refractivity contribution in [1.82, 2.24) is 14.5 Å². The Kier molecular flexibility index (Phi) is 2.52. The summed E-state index contributed by atoms with van der Waals surface area (Å²) in [7, 11) is 0. The second-order valence-electron chi connectivity index (χ2n) is 4.63. The number of aliphatic hydroxyl groups excluding tert-OH is 1. The highest BCUT2D eigenvalue weighted by Crippen LogP contribution is 2.24. The van der Waals surface area contributed by atoms with Gasteiger partial charge in [-0.15, -0.1) is 0 Å². The molecule has 3 rings (SSSR count). The molecule has 0 aliphatic carbocycles. The number of aryl methyl sites for hydroxylation is 1. The standard InChI is InChI=1S/C14H15N3O/c1-9(18)8-17-10(2)16-13-7-15-12-6-4-3-5-11(12)14(13)17/h3-7,9,18H,8H2,1-2H3. The summed E-state index contributed by atoms with van der Waals surface area (Å²) in [5.41, 5.74) is 2.89. The van der Waals surface area contributed by atoms with Crippen molar-refractivity contribution in [3.8, 4) is 0 Å². The first-order valence-electron chi connectivity index (χ1n) is 6.05. The van der Waals surface area contributed by atoms with Gasteiger partial charge in [0, 0.05) is 5.39 Å². The Labute approximate surface area is 105 Å². The molecular weight excluding hydrogens is 226 g/mol. The molecule has 0 aliphatic heterocycles. The molecular formula is C14H15N3O. The fourth-order valence-corrected chi connectivity index (χ4v) is 2.37. The first-order valence-corrected chi connectivity index (χ1v) is 6.05. The Morgan fingerprint density at radius 1 is 1.28 bits per heavy atom. The van der Waals surface area contributed by atoms with Gasteiger partial charge >= 0.3 is 0 Å². The van der Waals surface area contributed by atoms with Gasteiger partial charge in [-0.1, -0.05) is 18.2 Å². The second-order valence-corrected chi connectivity index (χ2v) is 4.63. The number of rotatable bonds is 2. The van der Waals surface area contributed by atoms with Gasteiger partial charge in [0.2, 0.25) is 0 Å². The summed E-state index contributed by atoms with van der Waals surface area (Å²) in [4.78, 5) is 8.91. The molecule has 0 fully saturated rings. The Bertz CT molecular complexity index is 715. The maximum absolute atomic E-state index is 9.62. The van der Waals surface area contributed by atoms with Crippen LogP contribution in [0.5, 0.6) is 0 Å². The van der Waals surface area contributed by atoms with Gasteiger partial charge in [-0.05, 0) is 19.9 Å². The van der Waals surface area contributed by atoms with E-state index in [1.165, 1.54) is 0 Å². The van der Waals surface area contributed by atoms with Crippen molar-refractivity contribution >= 4 is 21.9 Å². The molecule has 0 saturated heterocycles. The number of pyridine rings is 1. The zero-order valence-corrected chi connectivity index (χ0v) is 10.5. The van der Waals surface area contributed by atoms with Crippen molar-refractivity contribution in [2.45, 2.75) is 26.5 Å². The van der Waals surface area contributed by atoms with Crippen molar-refractivity contribution in [3.63, 3.8) is 0 Å². The molecule has 18 heavy (non-hydrogen) atoms. The van der Waals surface area contributed by atoms with Gasteiger partial charge in [0.05, 0.1) is 29.9 Å². The second kappa shape index (κ2) is 4.07. The lowest BCUT2D eigenvalue weighted by atomic mass is 10.2. The van der Waals surface area contributed by atoms with Gasteiger partial charge in [-0.2, -0.15) is 0 Å². The summed E-state index contributed by atoms with van der Waals surface area (Å²) in [5.74, 6) is 0.907. The van der Waals surface area contributed by atoms with E-state index in [0.717, 1.165) is 27.8 Å². The van der Waals surface area contributed by atoms with Crippen LogP contribution in [0.3, 0.4) is 0 Å². The Balaban J connectivity index is 2.39. The highest BCUT2D eigenvalue weighted by atomic mass is 16.3. The van der Waals surface area contributed by atoms with Crippen LogP contribution in [0.15, 0.2) is 30.5 Å². The summed E-state index contributed by atoms with van der Waals surface area (Å²) in [6.45, 7) is 4.29. The van der Waals surface area contributed by atoms with Gasteiger partial charge < -0.3 is 9.67 Å². The molecule has 1 aromatic carbocycles. The summed E-state index contributed by atoms with van der Waals surface area (Å²) in [6, 6.07) is 8.01. The van der Waals surface area contributed by atoms with Gasteiger partial charge in [-0.3, -0.25) is 4.98 Å². The molecule has 0 bridgehead atoms. The van der Waals surface area contributed by atoms with Crippen LogP contribution in [-0.2, 0) is 6.54 Å². The fraction of sp³-hybridized carbons (Fsp3) is 0.286. The summed E-state index contributed by atoms with van der Waals surface area (Å²) >= 11 is 0. The lowest BCUT2D eigenvalue weighted by Gasteiger charge is -2.10. The van der Waals surface area contributed by atoms with Crippen LogP contribution in [0.1, 0.15) is 12.7 Å². The van der Waals surface area contributed by atoms with E-state index in [1.807, 2.05) is 31.2 Å². The summed E-state index contributed by atoms with van der Waals surface area (Å²) in [6.07, 6.45) is 1.40. The fourth-order valence-electron chi connectivity index (χ4n) is 2.37. The maximum atomic E-state index is 9.62. The highest BCUT2D eigenvalue weighted by Gasteiger charge is 2.12. The third-order valence-electron chi connectivity index (χ3n) is 3.12. The zero-order chi connectivity index (χ0) is 12.7. The average molecular weight is 241 g/mol. The van der Waals surface area contributed by atoms with Crippen LogP contribution in [0.4, 0.5) is 0 Å². The number of aliphatic hydroxyl groups is 1. The third-order valence-corrected chi connectivity index (χ3v) is 3.12. The average Bonchev–Trinajstić information content (AvgIpc) is 2.66. The van der Waals surface area contributed by atoms with Crippen molar-refractivity contribution in [3.05, 3.63) is 36.3 Å². The summed E-state index contributed by atoms with van der Waals surface area (Å²) < 4.78 is 2.06. The van der Waals surface area contributed by atoms with Crippen molar-refractivity contribution in [2.75, 3.05) is 0 Å². The van der Waals surface area contributed by atoms with Crippen LogP contribution in [0.2, 0.25) is 0 Å². The van der Waals surface area contributed by atoms with E-state index in [1.54, 1.807) is 13.1 Å². The molecule has 0 aliphatic rings. The maximum Gasteiger partial charge on any atom is 0.108 e. The number of hydrogen-bond donors (Lipinski definition) is 1. The smallest absolute Gasteiger partial charge is 0.108 e. The Morgan fingerprint density at radius 3 is 2.83 bits per heavy atom. The predicted molar refractivity (Wildman–Crippen MR) is 71.5 cm³/mol. The van der Waals surface area contributed by atoms with Gasteiger partial charge in [0.25, 0.3) is 0 Å². The lowest BCUT2D eigenvalue weighted by Crippen LogP contribution is -2.13. The normalized spacial score (nSPS) is 13.3. The number of hydrogen-bond acceptors (Lipinski definition) is 3. The molecule has 0 spiro atoms. The highest BCUT2D eigenvalue weighted by molar-refractivity contribution is 6.02. The van der Waals surface area contributed by atoms with Crippen LogP contribution in [0.25, 0.3) is 21.9 Å². The predicted octanol–water partition coefficient (Wildman–Crippen LogP) is 2.27. The molecule has 4 heteroatoms. The third kappa shape index (κ3) is 1.66. The number of para-hydroxylation sites is 1. The number of nitrogens with zero attached hydrogens (tertiary/aromatic N) is 3. The number of aromatic nitrogens is 3. The molecule has 4 nitrogen and oxygen atoms in total. The van der Waals surface area contributed by atoms with Crippen molar-refractivity contribution in [2.24, 2.45) is 0 Å². The van der Waals surface area contributed by atoms with E-state index >= 15 is 0 Å². The van der Waals surface area contributed by atoms with Crippen molar-refractivity contribution < 1.29 is 5.11 Å². The minimum Gasteiger partial charge on any atom is -0.392 e. The number of imidazole rings is 1. The molecule has 1 unspecified atom stereocenters. The summed E-state index contributed by atoms with van der Waals surface area (Å²) in [5, 5.41) is 10.7. The van der Waals surface area contributed by atoms with Crippen LogP contribution in [-0.4, -0.2) is 25.7 Å². The van der Waals surface area contributed by atoms with E-state index in [0.29, 0.717) is 6.54 Å². The van der Waals surface area contributed by atoms with Crippen molar-refractivity contribution in [1.29, 1.82) is 0 Å². The SMILES string of the molecule is Cc1nc2cnc3ccccc3c2n1CC(C)O. The van der Waals surface area contributed by atoms with Crippen LogP contribution < -0.4 is 0 Å². The van der Waals surface area contributed by atoms with Gasteiger partial charge in [0.1, 0.15) is 11.3 Å². The Hall–Kier alpha value is -1.94. The minimum atomic E-state index is -0.395. The number of fused-ring (bicyclic) bond motifs is 3. The van der Waals surface area contributed by atoms with E-state index in [4.69, 9.17) is 0 Å². The molecule has 0 amide bonds. The topological polar surface area (TPSA) is 50.9 Å². The first kappa shape index (κ1) is 11.2. The molecule has 1 atom stereocenters. The molecule has 1 N–H and O–H groups in total. The molecule has 0 saturated carbocycles. The van der Waals surface area contributed by atoms with E-state index in [-0.39, 0.29) is 0 Å². The zero-order valence-electron chi connectivity index (χ0n) is 10.5. The van der Waals surface area contributed by atoms with Gasteiger partial charge in [0.15, 0.2) is 0 Å².